The molecule has 0 radical (unpaired) electrons. The van der Waals surface area contributed by atoms with Gasteiger partial charge in [0.25, 0.3) is 5.91 Å². The Hall–Kier alpha value is -2.60. The minimum atomic E-state index is -0.392. The molecule has 0 aliphatic heterocycles. The standard InChI is InChI=1S/C19H21ClFN3O2/c1-24(2)17-10-7-14(20)12-16(17)23-18(25)4-3-11-22-19(26)13-5-8-15(21)9-6-13/h5-10,12H,3-4,11H2,1-2H3,(H,22,26)(H,23,25). The van der Waals surface area contributed by atoms with E-state index >= 15 is 0 Å². The van der Waals surface area contributed by atoms with Crippen LogP contribution in [0.4, 0.5) is 15.8 Å². The van der Waals surface area contributed by atoms with Gasteiger partial charge in [0.1, 0.15) is 5.82 Å². The van der Waals surface area contributed by atoms with Gasteiger partial charge >= 0.3 is 0 Å². The maximum atomic E-state index is 12.8. The number of rotatable bonds is 7. The number of hydrogen-bond acceptors (Lipinski definition) is 3. The molecule has 2 N–H and O–H groups in total. The van der Waals surface area contributed by atoms with Gasteiger partial charge in [0.05, 0.1) is 11.4 Å². The minimum absolute atomic E-state index is 0.161. The van der Waals surface area contributed by atoms with Gasteiger partial charge in [-0.2, -0.15) is 0 Å². The zero-order chi connectivity index (χ0) is 19.1. The van der Waals surface area contributed by atoms with E-state index in [1.54, 1.807) is 12.1 Å². The number of anilines is 2. The lowest BCUT2D eigenvalue weighted by molar-refractivity contribution is -0.116. The van der Waals surface area contributed by atoms with Crippen molar-refractivity contribution in [2.75, 3.05) is 30.9 Å². The molecule has 0 aliphatic rings. The third-order valence-electron chi connectivity index (χ3n) is 3.69. The van der Waals surface area contributed by atoms with E-state index in [-0.39, 0.29) is 18.2 Å². The molecular formula is C19H21ClFN3O2. The van der Waals surface area contributed by atoms with Gasteiger partial charge in [-0.25, -0.2) is 4.39 Å². The lowest BCUT2D eigenvalue weighted by Crippen LogP contribution is -2.25. The van der Waals surface area contributed by atoms with E-state index < -0.39 is 5.82 Å². The van der Waals surface area contributed by atoms with Crippen LogP contribution >= 0.6 is 11.6 Å². The first-order chi connectivity index (χ1) is 12.4. The van der Waals surface area contributed by atoms with Crippen molar-refractivity contribution in [1.29, 1.82) is 0 Å². The fourth-order valence-corrected chi connectivity index (χ4v) is 2.54. The Bertz CT molecular complexity index is 779. The lowest BCUT2D eigenvalue weighted by Gasteiger charge is -2.18. The predicted molar refractivity (Wildman–Crippen MR) is 102 cm³/mol. The summed E-state index contributed by atoms with van der Waals surface area (Å²) in [5.41, 5.74) is 1.88. The van der Waals surface area contributed by atoms with Crippen molar-refractivity contribution >= 4 is 34.8 Å². The van der Waals surface area contributed by atoms with E-state index in [1.807, 2.05) is 25.1 Å². The van der Waals surface area contributed by atoms with Crippen LogP contribution in [0.5, 0.6) is 0 Å². The monoisotopic (exact) mass is 377 g/mol. The summed E-state index contributed by atoms with van der Waals surface area (Å²) in [6.07, 6.45) is 0.736. The largest absolute Gasteiger partial charge is 0.376 e. The Labute approximate surface area is 157 Å². The van der Waals surface area contributed by atoms with Crippen LogP contribution in [0.1, 0.15) is 23.2 Å². The van der Waals surface area contributed by atoms with E-state index in [4.69, 9.17) is 11.6 Å². The van der Waals surface area contributed by atoms with Gasteiger partial charge in [0, 0.05) is 37.6 Å². The van der Waals surface area contributed by atoms with Crippen LogP contribution in [0.2, 0.25) is 5.02 Å². The minimum Gasteiger partial charge on any atom is -0.376 e. The average Bonchev–Trinajstić information content (AvgIpc) is 2.59. The van der Waals surface area contributed by atoms with E-state index in [1.165, 1.54) is 24.3 Å². The second-order valence-corrected chi connectivity index (χ2v) is 6.41. The summed E-state index contributed by atoms with van der Waals surface area (Å²) in [4.78, 5) is 25.9. The van der Waals surface area contributed by atoms with E-state index in [0.29, 0.717) is 29.2 Å². The second-order valence-electron chi connectivity index (χ2n) is 5.97. The highest BCUT2D eigenvalue weighted by molar-refractivity contribution is 6.31. The summed E-state index contributed by atoms with van der Waals surface area (Å²) in [7, 11) is 3.76. The summed E-state index contributed by atoms with van der Waals surface area (Å²) < 4.78 is 12.8. The Morgan fingerprint density at radius 3 is 2.46 bits per heavy atom. The van der Waals surface area contributed by atoms with Crippen molar-refractivity contribution in [2.24, 2.45) is 0 Å². The number of amides is 2. The van der Waals surface area contributed by atoms with E-state index in [9.17, 15) is 14.0 Å². The number of nitrogens with one attached hydrogen (secondary N) is 2. The van der Waals surface area contributed by atoms with Crippen LogP contribution in [0.3, 0.4) is 0 Å². The Morgan fingerprint density at radius 1 is 1.12 bits per heavy atom. The average molecular weight is 378 g/mol. The maximum Gasteiger partial charge on any atom is 0.251 e. The van der Waals surface area contributed by atoms with E-state index in [0.717, 1.165) is 5.69 Å². The first-order valence-corrected chi connectivity index (χ1v) is 8.55. The third-order valence-corrected chi connectivity index (χ3v) is 3.92. The molecule has 138 valence electrons. The van der Waals surface area contributed by atoms with Gasteiger partial charge in [-0.3, -0.25) is 9.59 Å². The van der Waals surface area contributed by atoms with Crippen LogP contribution in [-0.2, 0) is 4.79 Å². The van der Waals surface area contributed by atoms with E-state index in [2.05, 4.69) is 10.6 Å². The molecule has 2 rings (SSSR count). The quantitative estimate of drug-likeness (QED) is 0.723. The highest BCUT2D eigenvalue weighted by atomic mass is 35.5. The normalized spacial score (nSPS) is 10.3. The number of carbonyl (C=O) groups excluding carboxylic acids is 2. The number of hydrogen-bond donors (Lipinski definition) is 2. The number of halogens is 2. The van der Waals surface area contributed by atoms with Crippen molar-refractivity contribution in [3.8, 4) is 0 Å². The fraction of sp³-hybridized carbons (Fsp3) is 0.263. The lowest BCUT2D eigenvalue weighted by atomic mass is 10.2. The van der Waals surface area contributed by atoms with Crippen LogP contribution < -0.4 is 15.5 Å². The molecule has 5 nitrogen and oxygen atoms in total. The number of benzene rings is 2. The van der Waals surface area contributed by atoms with Gasteiger partial charge in [-0.15, -0.1) is 0 Å². The molecule has 0 bridgehead atoms. The Balaban J connectivity index is 1.80. The third kappa shape index (κ3) is 5.74. The highest BCUT2D eigenvalue weighted by Gasteiger charge is 2.10. The molecule has 0 spiro atoms. The summed E-state index contributed by atoms with van der Waals surface area (Å²) in [6.45, 7) is 0.347. The van der Waals surface area contributed by atoms with Crippen LogP contribution in [0.25, 0.3) is 0 Å². The Kier molecular flexibility index (Phi) is 6.97. The summed E-state index contributed by atoms with van der Waals surface area (Å²) in [5, 5.41) is 6.08. The molecule has 7 heteroatoms. The van der Waals surface area contributed by atoms with Gasteiger partial charge in [-0.1, -0.05) is 11.6 Å². The van der Waals surface area contributed by atoms with Crippen molar-refractivity contribution < 1.29 is 14.0 Å². The number of nitrogens with zero attached hydrogens (tertiary/aromatic N) is 1. The summed E-state index contributed by atoms with van der Waals surface area (Å²) in [5.74, 6) is -0.849. The molecule has 0 aliphatic carbocycles. The molecule has 26 heavy (non-hydrogen) atoms. The van der Waals surface area contributed by atoms with Gasteiger partial charge in [-0.05, 0) is 48.9 Å². The predicted octanol–water partition coefficient (Wildman–Crippen LogP) is 3.69. The van der Waals surface area contributed by atoms with Crippen LogP contribution in [0, 0.1) is 5.82 Å². The maximum absolute atomic E-state index is 12.8. The van der Waals surface area contributed by atoms with Crippen LogP contribution in [-0.4, -0.2) is 32.5 Å². The molecule has 0 saturated heterocycles. The Morgan fingerprint density at radius 2 is 1.81 bits per heavy atom. The van der Waals surface area contributed by atoms with Crippen molar-refractivity contribution in [3.05, 3.63) is 58.9 Å². The summed E-state index contributed by atoms with van der Waals surface area (Å²) in [6, 6.07) is 10.6. The van der Waals surface area contributed by atoms with Gasteiger partial charge in [0.2, 0.25) is 5.91 Å². The first kappa shape index (κ1) is 19.7. The molecule has 0 aromatic heterocycles. The van der Waals surface area contributed by atoms with Crippen molar-refractivity contribution in [3.63, 3.8) is 0 Å². The molecular weight excluding hydrogens is 357 g/mol. The topological polar surface area (TPSA) is 61.4 Å². The van der Waals surface area contributed by atoms with Gasteiger partial charge in [0.15, 0.2) is 0 Å². The molecule has 0 atom stereocenters. The molecule has 0 fully saturated rings. The molecule has 0 unspecified atom stereocenters. The zero-order valence-electron chi connectivity index (χ0n) is 14.7. The van der Waals surface area contributed by atoms with Crippen LogP contribution in [0.15, 0.2) is 42.5 Å². The molecule has 2 aromatic rings. The van der Waals surface area contributed by atoms with Crippen molar-refractivity contribution in [1.82, 2.24) is 5.32 Å². The second kappa shape index (κ2) is 9.20. The number of carbonyl (C=O) groups is 2. The molecule has 0 heterocycles. The smallest absolute Gasteiger partial charge is 0.251 e. The summed E-state index contributed by atoms with van der Waals surface area (Å²) >= 11 is 5.99. The van der Waals surface area contributed by atoms with Crippen molar-refractivity contribution in [2.45, 2.75) is 12.8 Å². The SMILES string of the molecule is CN(C)c1ccc(Cl)cc1NC(=O)CCCNC(=O)c1ccc(F)cc1. The molecule has 2 aromatic carbocycles. The molecule has 2 amide bonds. The highest BCUT2D eigenvalue weighted by Crippen LogP contribution is 2.27. The fourth-order valence-electron chi connectivity index (χ4n) is 2.37. The first-order valence-electron chi connectivity index (χ1n) is 8.17. The van der Waals surface area contributed by atoms with Gasteiger partial charge < -0.3 is 15.5 Å². The zero-order valence-corrected chi connectivity index (χ0v) is 15.4. The molecule has 0 saturated carbocycles.